The molecule has 0 aliphatic heterocycles. The third-order valence-electron chi connectivity index (χ3n) is 3.61. The normalized spacial score (nSPS) is 16.3. The molecule has 0 unspecified atom stereocenters. The molecule has 3 N–H and O–H groups in total. The van der Waals surface area contributed by atoms with Crippen LogP contribution in [0.1, 0.15) is 53.9 Å². The van der Waals surface area contributed by atoms with E-state index in [4.69, 9.17) is 0 Å². The number of esters is 1. The van der Waals surface area contributed by atoms with Crippen molar-refractivity contribution in [2.75, 3.05) is 7.11 Å². The van der Waals surface area contributed by atoms with E-state index in [2.05, 4.69) is 9.72 Å². The first-order valence-corrected chi connectivity index (χ1v) is 6.32. The van der Waals surface area contributed by atoms with Crippen molar-refractivity contribution >= 4 is 5.97 Å². The Balaban J connectivity index is 2.54. The third kappa shape index (κ3) is 2.43. The van der Waals surface area contributed by atoms with Gasteiger partial charge in [0, 0.05) is 0 Å². The zero-order valence-electron chi connectivity index (χ0n) is 10.7. The maximum absolute atomic E-state index is 11.6. The lowest BCUT2D eigenvalue weighted by atomic mass is 9.83. The minimum absolute atomic E-state index is 0.0472. The Morgan fingerprint density at radius 2 is 1.89 bits per heavy atom. The number of carbonyl (C=O) groups excluding carboxylic acids is 1. The van der Waals surface area contributed by atoms with Gasteiger partial charge in [-0.2, -0.15) is 0 Å². The van der Waals surface area contributed by atoms with Crippen LogP contribution < -0.4 is 5.56 Å². The van der Waals surface area contributed by atoms with Crippen LogP contribution in [-0.4, -0.2) is 28.3 Å². The second kappa shape index (κ2) is 5.34. The van der Waals surface area contributed by atoms with Gasteiger partial charge >= 0.3 is 5.97 Å². The largest absolute Gasteiger partial charge is 0.506 e. The Labute approximate surface area is 110 Å². The van der Waals surface area contributed by atoms with Gasteiger partial charge in [0.1, 0.15) is 5.75 Å². The Bertz CT molecular complexity index is 543. The van der Waals surface area contributed by atoms with E-state index in [0.717, 1.165) is 39.2 Å². The van der Waals surface area contributed by atoms with Gasteiger partial charge in [-0.05, 0) is 18.8 Å². The van der Waals surface area contributed by atoms with Gasteiger partial charge < -0.3 is 14.9 Å². The van der Waals surface area contributed by atoms with E-state index in [1.165, 1.54) is 0 Å². The molecule has 19 heavy (non-hydrogen) atoms. The average molecular weight is 267 g/mol. The van der Waals surface area contributed by atoms with Gasteiger partial charge in [0.25, 0.3) is 5.56 Å². The lowest BCUT2D eigenvalue weighted by Crippen LogP contribution is -2.21. The number of H-pyrrole nitrogens is 1. The Hall–Kier alpha value is -1.98. The number of aromatic amines is 1. The van der Waals surface area contributed by atoms with E-state index < -0.39 is 22.8 Å². The maximum Gasteiger partial charge on any atom is 0.347 e. The third-order valence-corrected chi connectivity index (χ3v) is 3.61. The fourth-order valence-electron chi connectivity index (χ4n) is 2.66. The SMILES string of the molecule is COC(=O)c1c(O)c(C2CCCCC2)c(O)[nH]c1=O. The first-order valence-electron chi connectivity index (χ1n) is 6.32. The summed E-state index contributed by atoms with van der Waals surface area (Å²) in [5.74, 6) is -1.77. The molecule has 6 heteroatoms. The van der Waals surface area contributed by atoms with Crippen molar-refractivity contribution in [1.82, 2.24) is 4.98 Å². The summed E-state index contributed by atoms with van der Waals surface area (Å²) in [4.78, 5) is 25.3. The zero-order chi connectivity index (χ0) is 14.0. The first-order chi connectivity index (χ1) is 9.06. The van der Waals surface area contributed by atoms with Crippen LogP contribution in [0.2, 0.25) is 0 Å². The summed E-state index contributed by atoms with van der Waals surface area (Å²) in [6.45, 7) is 0. The summed E-state index contributed by atoms with van der Waals surface area (Å²) >= 11 is 0. The van der Waals surface area contributed by atoms with E-state index in [-0.39, 0.29) is 17.4 Å². The van der Waals surface area contributed by atoms with Gasteiger partial charge in [-0.25, -0.2) is 4.79 Å². The molecule has 6 nitrogen and oxygen atoms in total. The maximum atomic E-state index is 11.6. The van der Waals surface area contributed by atoms with Gasteiger partial charge in [-0.3, -0.25) is 9.78 Å². The highest BCUT2D eigenvalue weighted by atomic mass is 16.5. The van der Waals surface area contributed by atoms with Crippen molar-refractivity contribution in [2.45, 2.75) is 38.0 Å². The molecule has 2 rings (SSSR count). The average Bonchev–Trinajstić information content (AvgIpc) is 2.39. The van der Waals surface area contributed by atoms with Crippen LogP contribution in [0.5, 0.6) is 11.6 Å². The number of hydrogen-bond acceptors (Lipinski definition) is 5. The lowest BCUT2D eigenvalue weighted by Gasteiger charge is -2.23. The number of nitrogens with one attached hydrogen (secondary N) is 1. The second-order valence-corrected chi connectivity index (χ2v) is 4.77. The van der Waals surface area contributed by atoms with Gasteiger partial charge in [-0.15, -0.1) is 0 Å². The number of rotatable bonds is 2. The molecular weight excluding hydrogens is 250 g/mol. The summed E-state index contributed by atoms with van der Waals surface area (Å²) in [7, 11) is 1.13. The minimum Gasteiger partial charge on any atom is -0.506 e. The Morgan fingerprint density at radius 3 is 2.47 bits per heavy atom. The Morgan fingerprint density at radius 1 is 1.26 bits per heavy atom. The van der Waals surface area contributed by atoms with Crippen LogP contribution in [0.3, 0.4) is 0 Å². The van der Waals surface area contributed by atoms with Gasteiger partial charge in [-0.1, -0.05) is 19.3 Å². The molecule has 1 fully saturated rings. The van der Waals surface area contributed by atoms with Crippen molar-refractivity contribution in [3.63, 3.8) is 0 Å². The highest BCUT2D eigenvalue weighted by Crippen LogP contribution is 2.41. The fourth-order valence-corrected chi connectivity index (χ4v) is 2.66. The topological polar surface area (TPSA) is 99.6 Å². The van der Waals surface area contributed by atoms with Crippen LogP contribution >= 0.6 is 0 Å². The van der Waals surface area contributed by atoms with Gasteiger partial charge in [0.05, 0.1) is 12.7 Å². The number of ether oxygens (including phenoxy) is 1. The number of aromatic hydroxyl groups is 2. The number of carbonyl (C=O) groups is 1. The lowest BCUT2D eigenvalue weighted by molar-refractivity contribution is 0.0594. The molecule has 1 saturated carbocycles. The highest BCUT2D eigenvalue weighted by molar-refractivity contribution is 5.92. The van der Waals surface area contributed by atoms with Crippen molar-refractivity contribution in [1.29, 1.82) is 0 Å². The molecular formula is C13H17NO5. The summed E-state index contributed by atoms with van der Waals surface area (Å²) in [6, 6.07) is 0. The molecule has 0 atom stereocenters. The predicted molar refractivity (Wildman–Crippen MR) is 67.6 cm³/mol. The minimum atomic E-state index is -0.907. The van der Waals surface area contributed by atoms with Crippen molar-refractivity contribution in [3.8, 4) is 11.6 Å². The molecule has 0 aromatic carbocycles. The standard InChI is InChI=1S/C13H17NO5/c1-19-13(18)9-10(15)8(11(16)14-12(9)17)7-5-3-2-4-6-7/h7H,2-6H2,1H3,(H3,14,15,16,17). The summed E-state index contributed by atoms with van der Waals surface area (Å²) < 4.78 is 4.48. The molecule has 0 radical (unpaired) electrons. The zero-order valence-corrected chi connectivity index (χ0v) is 10.7. The molecule has 1 heterocycles. The van der Waals surface area contributed by atoms with Crippen LogP contribution in [0.15, 0.2) is 4.79 Å². The number of methoxy groups -OCH3 is 1. The molecule has 0 saturated heterocycles. The van der Waals surface area contributed by atoms with E-state index in [1.807, 2.05) is 0 Å². The van der Waals surface area contributed by atoms with Crippen molar-refractivity contribution in [2.24, 2.45) is 0 Å². The number of pyridine rings is 1. The van der Waals surface area contributed by atoms with Crippen LogP contribution in [0.25, 0.3) is 0 Å². The summed E-state index contributed by atoms with van der Waals surface area (Å²) in [5.41, 5.74) is -1.04. The molecule has 1 aromatic heterocycles. The number of hydrogen-bond donors (Lipinski definition) is 3. The van der Waals surface area contributed by atoms with E-state index in [1.54, 1.807) is 0 Å². The van der Waals surface area contributed by atoms with E-state index >= 15 is 0 Å². The van der Waals surface area contributed by atoms with Crippen molar-refractivity contribution in [3.05, 3.63) is 21.5 Å². The predicted octanol–water partition coefficient (Wildman–Crippen LogP) is 1.62. The smallest absolute Gasteiger partial charge is 0.347 e. The van der Waals surface area contributed by atoms with Gasteiger partial charge in [0.2, 0.25) is 0 Å². The monoisotopic (exact) mass is 267 g/mol. The van der Waals surface area contributed by atoms with Crippen LogP contribution in [-0.2, 0) is 4.74 Å². The van der Waals surface area contributed by atoms with Crippen molar-refractivity contribution < 1.29 is 19.7 Å². The highest BCUT2D eigenvalue weighted by Gasteiger charge is 2.28. The quantitative estimate of drug-likeness (QED) is 0.707. The summed E-state index contributed by atoms with van der Waals surface area (Å²) in [5, 5.41) is 20.0. The second-order valence-electron chi connectivity index (χ2n) is 4.77. The van der Waals surface area contributed by atoms with Crippen LogP contribution in [0, 0.1) is 0 Å². The molecule has 0 amide bonds. The molecule has 1 aliphatic rings. The fraction of sp³-hybridized carbons (Fsp3) is 0.538. The summed E-state index contributed by atoms with van der Waals surface area (Å²) in [6.07, 6.45) is 4.74. The van der Waals surface area contributed by atoms with E-state index in [9.17, 15) is 19.8 Å². The van der Waals surface area contributed by atoms with Gasteiger partial charge in [0.15, 0.2) is 11.4 Å². The Kier molecular flexibility index (Phi) is 3.78. The molecule has 1 aromatic rings. The molecule has 104 valence electrons. The van der Waals surface area contributed by atoms with Crippen LogP contribution in [0.4, 0.5) is 0 Å². The first kappa shape index (κ1) is 13.5. The van der Waals surface area contributed by atoms with E-state index in [0.29, 0.717) is 0 Å². The molecule has 0 bridgehead atoms. The number of aromatic nitrogens is 1. The molecule has 1 aliphatic carbocycles. The molecule has 0 spiro atoms.